The molecular formula is C18H20BrNO4S. The van der Waals surface area contributed by atoms with Gasteiger partial charge in [-0.15, -0.1) is 0 Å². The van der Waals surface area contributed by atoms with Crippen molar-refractivity contribution in [2.24, 2.45) is 0 Å². The van der Waals surface area contributed by atoms with Crippen LogP contribution in [0.25, 0.3) is 0 Å². The zero-order chi connectivity index (χ0) is 18.3. The highest BCUT2D eigenvalue weighted by Gasteiger charge is 2.20. The maximum absolute atomic E-state index is 12.2. The Labute approximate surface area is 156 Å². The van der Waals surface area contributed by atoms with Crippen molar-refractivity contribution in [2.45, 2.75) is 5.75 Å². The van der Waals surface area contributed by atoms with Crippen LogP contribution >= 0.6 is 15.9 Å². The Morgan fingerprint density at radius 3 is 2.52 bits per heavy atom. The van der Waals surface area contributed by atoms with E-state index in [1.165, 1.54) is 4.90 Å². The summed E-state index contributed by atoms with van der Waals surface area (Å²) in [5.41, 5.74) is 0.650. The molecule has 134 valence electrons. The van der Waals surface area contributed by atoms with Crippen molar-refractivity contribution < 1.29 is 17.9 Å². The fraction of sp³-hybridized carbons (Fsp3) is 0.278. The van der Waals surface area contributed by atoms with Gasteiger partial charge in [0, 0.05) is 11.5 Å². The number of sulfone groups is 1. The number of likely N-dealkylation sites (N-methyl/N-ethyl adjacent to an activating group) is 1. The Balaban J connectivity index is 1.82. The molecule has 0 aliphatic heterocycles. The maximum Gasteiger partial charge on any atom is 0.237 e. The Bertz CT molecular complexity index is 809. The molecule has 0 heterocycles. The van der Waals surface area contributed by atoms with Crippen molar-refractivity contribution in [1.29, 1.82) is 0 Å². The second-order valence-corrected chi connectivity index (χ2v) is 8.62. The van der Waals surface area contributed by atoms with Crippen molar-refractivity contribution in [3.63, 3.8) is 0 Å². The number of halogens is 1. The number of ether oxygens (including phenoxy) is 1. The van der Waals surface area contributed by atoms with Gasteiger partial charge in [0.25, 0.3) is 0 Å². The van der Waals surface area contributed by atoms with Crippen molar-refractivity contribution in [3.8, 4) is 5.75 Å². The Morgan fingerprint density at radius 1 is 1.12 bits per heavy atom. The van der Waals surface area contributed by atoms with Crippen LogP contribution in [0.5, 0.6) is 5.75 Å². The van der Waals surface area contributed by atoms with E-state index in [0.29, 0.717) is 24.5 Å². The lowest BCUT2D eigenvalue weighted by atomic mass is 10.2. The molecule has 0 aliphatic carbocycles. The van der Waals surface area contributed by atoms with Crippen LogP contribution in [-0.4, -0.2) is 45.2 Å². The SMILES string of the molecule is CN(CCOc1ccccc1)C(=O)CS(=O)(=O)Cc1cccc(Br)c1. The van der Waals surface area contributed by atoms with Gasteiger partial charge in [0.2, 0.25) is 5.91 Å². The Kier molecular flexibility index (Phi) is 7.01. The summed E-state index contributed by atoms with van der Waals surface area (Å²) in [4.78, 5) is 13.5. The highest BCUT2D eigenvalue weighted by atomic mass is 79.9. The maximum atomic E-state index is 12.2. The van der Waals surface area contributed by atoms with Crippen molar-refractivity contribution in [2.75, 3.05) is 26.0 Å². The highest BCUT2D eigenvalue weighted by molar-refractivity contribution is 9.10. The molecule has 2 aromatic carbocycles. The predicted octanol–water partition coefficient (Wildman–Crippen LogP) is 2.90. The molecule has 0 radical (unpaired) electrons. The minimum Gasteiger partial charge on any atom is -0.492 e. The van der Waals surface area contributed by atoms with Crippen LogP contribution in [0, 0.1) is 0 Å². The van der Waals surface area contributed by atoms with Crippen molar-refractivity contribution in [3.05, 3.63) is 64.6 Å². The monoisotopic (exact) mass is 425 g/mol. The summed E-state index contributed by atoms with van der Waals surface area (Å²) in [6.07, 6.45) is 0. The van der Waals surface area contributed by atoms with Gasteiger partial charge in [0.15, 0.2) is 9.84 Å². The first kappa shape index (κ1) is 19.5. The van der Waals surface area contributed by atoms with Crippen LogP contribution in [0.15, 0.2) is 59.1 Å². The van der Waals surface area contributed by atoms with Gasteiger partial charge in [-0.25, -0.2) is 8.42 Å². The smallest absolute Gasteiger partial charge is 0.237 e. The molecule has 0 spiro atoms. The third-order valence-corrected chi connectivity index (χ3v) is 5.44. The number of carbonyl (C=O) groups is 1. The van der Waals surface area contributed by atoms with E-state index in [2.05, 4.69) is 15.9 Å². The fourth-order valence-electron chi connectivity index (χ4n) is 2.17. The lowest BCUT2D eigenvalue weighted by Crippen LogP contribution is -2.35. The van der Waals surface area contributed by atoms with E-state index in [4.69, 9.17) is 4.74 Å². The zero-order valence-corrected chi connectivity index (χ0v) is 16.3. The van der Waals surface area contributed by atoms with E-state index in [9.17, 15) is 13.2 Å². The molecule has 0 aliphatic rings. The molecule has 1 amide bonds. The lowest BCUT2D eigenvalue weighted by molar-refractivity contribution is -0.127. The van der Waals surface area contributed by atoms with Crippen LogP contribution in [0.1, 0.15) is 5.56 Å². The summed E-state index contributed by atoms with van der Waals surface area (Å²) >= 11 is 3.31. The molecule has 5 nitrogen and oxygen atoms in total. The molecule has 0 unspecified atom stereocenters. The number of amides is 1. The number of benzene rings is 2. The zero-order valence-electron chi connectivity index (χ0n) is 13.9. The predicted molar refractivity (Wildman–Crippen MR) is 101 cm³/mol. The molecule has 7 heteroatoms. The van der Waals surface area contributed by atoms with Gasteiger partial charge in [0.05, 0.1) is 12.3 Å². The highest BCUT2D eigenvalue weighted by Crippen LogP contribution is 2.14. The molecular weight excluding hydrogens is 406 g/mol. The molecule has 25 heavy (non-hydrogen) atoms. The van der Waals surface area contributed by atoms with Gasteiger partial charge >= 0.3 is 0 Å². The topological polar surface area (TPSA) is 63.7 Å². The summed E-state index contributed by atoms with van der Waals surface area (Å²) in [6, 6.07) is 16.3. The van der Waals surface area contributed by atoms with Gasteiger partial charge in [-0.05, 0) is 29.8 Å². The minimum absolute atomic E-state index is 0.160. The first-order valence-corrected chi connectivity index (χ1v) is 10.3. The van der Waals surface area contributed by atoms with Gasteiger partial charge in [-0.1, -0.05) is 46.3 Å². The lowest BCUT2D eigenvalue weighted by Gasteiger charge is -2.17. The summed E-state index contributed by atoms with van der Waals surface area (Å²) in [5.74, 6) is -0.397. The molecule has 2 rings (SSSR count). The van der Waals surface area contributed by atoms with Crippen LogP contribution in [0.3, 0.4) is 0 Å². The third-order valence-electron chi connectivity index (χ3n) is 3.48. The van der Waals surface area contributed by atoms with Crippen LogP contribution < -0.4 is 4.74 Å². The fourth-order valence-corrected chi connectivity index (χ4v) is 4.00. The van der Waals surface area contributed by atoms with E-state index in [1.54, 1.807) is 25.2 Å². The number of hydrogen-bond acceptors (Lipinski definition) is 4. The van der Waals surface area contributed by atoms with E-state index in [-0.39, 0.29) is 5.75 Å². The van der Waals surface area contributed by atoms with Gasteiger partial charge < -0.3 is 9.64 Å². The summed E-state index contributed by atoms with van der Waals surface area (Å²) in [7, 11) is -1.95. The average Bonchev–Trinajstić information content (AvgIpc) is 2.54. The van der Waals surface area contributed by atoms with E-state index >= 15 is 0 Å². The van der Waals surface area contributed by atoms with Gasteiger partial charge in [0.1, 0.15) is 18.1 Å². The van der Waals surface area contributed by atoms with E-state index < -0.39 is 21.5 Å². The first-order valence-electron chi connectivity index (χ1n) is 7.72. The Hall–Kier alpha value is -1.86. The number of hydrogen-bond donors (Lipinski definition) is 0. The van der Waals surface area contributed by atoms with E-state index in [1.807, 2.05) is 36.4 Å². The molecule has 0 bridgehead atoms. The second-order valence-electron chi connectivity index (χ2n) is 5.64. The van der Waals surface area contributed by atoms with Crippen LogP contribution in [-0.2, 0) is 20.4 Å². The standard InChI is InChI=1S/C18H20BrNO4S/c1-20(10-11-24-17-8-3-2-4-9-17)18(21)14-25(22,23)13-15-6-5-7-16(19)12-15/h2-9,12H,10-11,13-14H2,1H3. The molecule has 0 fully saturated rings. The third kappa shape index (κ3) is 6.88. The normalized spacial score (nSPS) is 11.1. The number of rotatable bonds is 8. The van der Waals surface area contributed by atoms with Gasteiger partial charge in [-0.2, -0.15) is 0 Å². The molecule has 0 saturated heterocycles. The van der Waals surface area contributed by atoms with Crippen LogP contribution in [0.4, 0.5) is 0 Å². The molecule has 0 atom stereocenters. The number of carbonyl (C=O) groups excluding carboxylic acids is 1. The van der Waals surface area contributed by atoms with Gasteiger partial charge in [-0.3, -0.25) is 4.79 Å². The first-order chi connectivity index (χ1) is 11.9. The van der Waals surface area contributed by atoms with Crippen molar-refractivity contribution >= 4 is 31.7 Å². The molecule has 0 N–H and O–H groups in total. The summed E-state index contributed by atoms with van der Waals surface area (Å²) in [5, 5.41) is 0. The number of para-hydroxylation sites is 1. The molecule has 0 aromatic heterocycles. The minimum atomic E-state index is -3.53. The molecule has 0 saturated carbocycles. The largest absolute Gasteiger partial charge is 0.492 e. The second kappa shape index (κ2) is 9.01. The summed E-state index contributed by atoms with van der Waals surface area (Å²) in [6.45, 7) is 0.623. The summed E-state index contributed by atoms with van der Waals surface area (Å²) < 4.78 is 30.8. The quantitative estimate of drug-likeness (QED) is 0.651. The van der Waals surface area contributed by atoms with Crippen LogP contribution in [0.2, 0.25) is 0 Å². The Morgan fingerprint density at radius 2 is 1.84 bits per heavy atom. The van der Waals surface area contributed by atoms with E-state index in [0.717, 1.165) is 4.47 Å². The van der Waals surface area contributed by atoms with Crippen molar-refractivity contribution in [1.82, 2.24) is 4.90 Å². The molecule has 2 aromatic rings. The average molecular weight is 426 g/mol. The number of nitrogens with zero attached hydrogens (tertiary/aromatic N) is 1.